The molecule has 1 saturated carbocycles. The quantitative estimate of drug-likeness (QED) is 0.863. The Labute approximate surface area is 85.3 Å². The first-order valence-electron chi connectivity index (χ1n) is 4.42. The second kappa shape index (κ2) is 3.51. The summed E-state index contributed by atoms with van der Waals surface area (Å²) in [6, 6.07) is 2.11. The number of aromatic amines is 1. The SMILES string of the molecule is N#CCc1[nH]c(C2CCC2)nc1Br. The second-order valence-electron chi connectivity index (χ2n) is 3.35. The lowest BCUT2D eigenvalue weighted by atomic mass is 9.85. The van der Waals surface area contributed by atoms with E-state index in [0.29, 0.717) is 12.3 Å². The van der Waals surface area contributed by atoms with E-state index in [-0.39, 0.29) is 0 Å². The minimum absolute atomic E-state index is 0.403. The van der Waals surface area contributed by atoms with Crippen molar-refractivity contribution in [3.63, 3.8) is 0 Å². The smallest absolute Gasteiger partial charge is 0.128 e. The van der Waals surface area contributed by atoms with Gasteiger partial charge in [0.2, 0.25) is 0 Å². The number of hydrogen-bond donors (Lipinski definition) is 1. The van der Waals surface area contributed by atoms with Crippen molar-refractivity contribution in [3.8, 4) is 6.07 Å². The third-order valence-corrected chi connectivity index (χ3v) is 3.15. The normalized spacial score (nSPS) is 16.6. The first kappa shape index (κ1) is 8.76. The van der Waals surface area contributed by atoms with Gasteiger partial charge in [-0.15, -0.1) is 0 Å². The summed E-state index contributed by atoms with van der Waals surface area (Å²) in [6.45, 7) is 0. The molecule has 1 heterocycles. The molecule has 0 atom stereocenters. The zero-order valence-corrected chi connectivity index (χ0v) is 8.76. The molecule has 3 nitrogen and oxygen atoms in total. The maximum absolute atomic E-state index is 8.54. The van der Waals surface area contributed by atoms with Gasteiger partial charge in [-0.3, -0.25) is 0 Å². The molecule has 1 aromatic rings. The molecule has 0 bridgehead atoms. The minimum atomic E-state index is 0.403. The lowest BCUT2D eigenvalue weighted by Crippen LogP contribution is -2.10. The Hall–Kier alpha value is -0.820. The van der Waals surface area contributed by atoms with E-state index in [1.165, 1.54) is 19.3 Å². The molecule has 2 rings (SSSR count). The lowest BCUT2D eigenvalue weighted by molar-refractivity contribution is 0.403. The van der Waals surface area contributed by atoms with Crippen molar-refractivity contribution in [2.24, 2.45) is 0 Å². The lowest BCUT2D eigenvalue weighted by Gasteiger charge is -2.22. The third-order valence-electron chi connectivity index (χ3n) is 2.49. The number of H-pyrrole nitrogens is 1. The first-order valence-corrected chi connectivity index (χ1v) is 5.22. The molecule has 0 saturated heterocycles. The average Bonchev–Trinajstić information content (AvgIpc) is 2.30. The van der Waals surface area contributed by atoms with Gasteiger partial charge in [-0.1, -0.05) is 6.42 Å². The van der Waals surface area contributed by atoms with Crippen LogP contribution in [-0.4, -0.2) is 9.97 Å². The summed E-state index contributed by atoms with van der Waals surface area (Å²) in [4.78, 5) is 7.57. The van der Waals surface area contributed by atoms with E-state index in [0.717, 1.165) is 16.1 Å². The van der Waals surface area contributed by atoms with Gasteiger partial charge >= 0.3 is 0 Å². The maximum Gasteiger partial charge on any atom is 0.128 e. The Morgan fingerprint density at radius 1 is 1.62 bits per heavy atom. The number of nitrogens with zero attached hydrogens (tertiary/aromatic N) is 2. The van der Waals surface area contributed by atoms with Gasteiger partial charge in [0.1, 0.15) is 10.4 Å². The van der Waals surface area contributed by atoms with Crippen molar-refractivity contribution in [2.45, 2.75) is 31.6 Å². The van der Waals surface area contributed by atoms with E-state index < -0.39 is 0 Å². The molecule has 1 fully saturated rings. The topological polar surface area (TPSA) is 52.5 Å². The molecule has 1 N–H and O–H groups in total. The summed E-state index contributed by atoms with van der Waals surface area (Å²) in [5.41, 5.74) is 0.907. The Kier molecular flexibility index (Phi) is 2.36. The average molecular weight is 240 g/mol. The van der Waals surface area contributed by atoms with Gasteiger partial charge in [0.25, 0.3) is 0 Å². The Balaban J connectivity index is 2.19. The number of nitriles is 1. The van der Waals surface area contributed by atoms with Crippen LogP contribution in [0, 0.1) is 11.3 Å². The number of aromatic nitrogens is 2. The van der Waals surface area contributed by atoms with Crippen LogP contribution in [-0.2, 0) is 6.42 Å². The molecule has 0 aromatic carbocycles. The van der Waals surface area contributed by atoms with Crippen LogP contribution in [0.3, 0.4) is 0 Å². The number of rotatable bonds is 2. The molecule has 0 spiro atoms. The zero-order valence-electron chi connectivity index (χ0n) is 7.18. The van der Waals surface area contributed by atoms with Gasteiger partial charge in [0, 0.05) is 5.92 Å². The standard InChI is InChI=1S/C9H10BrN3/c10-8-7(4-5-11)12-9(13-8)6-2-1-3-6/h6H,1-4H2,(H,12,13). The summed E-state index contributed by atoms with van der Waals surface area (Å²) >= 11 is 3.35. The summed E-state index contributed by atoms with van der Waals surface area (Å²) < 4.78 is 0.802. The molecule has 1 aliphatic carbocycles. The van der Waals surface area contributed by atoms with E-state index in [1.807, 2.05) is 0 Å². The van der Waals surface area contributed by atoms with E-state index in [9.17, 15) is 0 Å². The van der Waals surface area contributed by atoms with Gasteiger partial charge in [0.05, 0.1) is 18.2 Å². The van der Waals surface area contributed by atoms with E-state index >= 15 is 0 Å². The molecule has 4 heteroatoms. The fourth-order valence-electron chi connectivity index (χ4n) is 1.48. The molecule has 0 amide bonds. The van der Waals surface area contributed by atoms with Crippen molar-refractivity contribution >= 4 is 15.9 Å². The maximum atomic E-state index is 8.54. The second-order valence-corrected chi connectivity index (χ2v) is 4.11. The summed E-state index contributed by atoms with van der Waals surface area (Å²) in [5, 5.41) is 8.54. The fraction of sp³-hybridized carbons (Fsp3) is 0.556. The van der Waals surface area contributed by atoms with Gasteiger partial charge in [0.15, 0.2) is 0 Å². The highest BCUT2D eigenvalue weighted by Crippen LogP contribution is 2.35. The highest BCUT2D eigenvalue weighted by Gasteiger charge is 2.23. The van der Waals surface area contributed by atoms with Gasteiger partial charge in [-0.2, -0.15) is 5.26 Å². The van der Waals surface area contributed by atoms with E-state index in [2.05, 4.69) is 32.0 Å². The van der Waals surface area contributed by atoms with Gasteiger partial charge in [-0.05, 0) is 28.8 Å². The van der Waals surface area contributed by atoms with Crippen molar-refractivity contribution in [3.05, 3.63) is 16.1 Å². The number of hydrogen-bond acceptors (Lipinski definition) is 2. The molecular formula is C9H10BrN3. The highest BCUT2D eigenvalue weighted by molar-refractivity contribution is 9.10. The summed E-state index contributed by atoms with van der Waals surface area (Å²) in [5.74, 6) is 1.65. The van der Waals surface area contributed by atoms with Crippen LogP contribution in [0.5, 0.6) is 0 Å². The number of imidazole rings is 1. The summed E-state index contributed by atoms with van der Waals surface area (Å²) in [6.07, 6.45) is 4.16. The molecular weight excluding hydrogens is 230 g/mol. The molecule has 0 unspecified atom stereocenters. The zero-order chi connectivity index (χ0) is 9.26. The van der Waals surface area contributed by atoms with Crippen LogP contribution >= 0.6 is 15.9 Å². The van der Waals surface area contributed by atoms with Crippen molar-refractivity contribution in [1.29, 1.82) is 5.26 Å². The van der Waals surface area contributed by atoms with Gasteiger partial charge < -0.3 is 4.98 Å². The first-order chi connectivity index (χ1) is 6.31. The third kappa shape index (κ3) is 1.61. The van der Waals surface area contributed by atoms with Crippen LogP contribution in [0.1, 0.15) is 36.7 Å². The predicted octanol–water partition coefficient (Wildman–Crippen LogP) is 2.51. The van der Waals surface area contributed by atoms with E-state index in [1.54, 1.807) is 0 Å². The molecule has 1 aromatic heterocycles. The van der Waals surface area contributed by atoms with Crippen LogP contribution in [0.2, 0.25) is 0 Å². The van der Waals surface area contributed by atoms with Crippen molar-refractivity contribution in [2.75, 3.05) is 0 Å². The Morgan fingerprint density at radius 3 is 2.92 bits per heavy atom. The molecule has 68 valence electrons. The minimum Gasteiger partial charge on any atom is -0.344 e. The monoisotopic (exact) mass is 239 g/mol. The predicted molar refractivity (Wildman–Crippen MR) is 52.2 cm³/mol. The van der Waals surface area contributed by atoms with Crippen LogP contribution in [0.4, 0.5) is 0 Å². The Bertz CT molecular complexity index is 346. The fourth-order valence-corrected chi connectivity index (χ4v) is 1.91. The van der Waals surface area contributed by atoms with Crippen molar-refractivity contribution in [1.82, 2.24) is 9.97 Å². The van der Waals surface area contributed by atoms with Gasteiger partial charge in [-0.25, -0.2) is 4.98 Å². The van der Waals surface area contributed by atoms with Crippen LogP contribution in [0.25, 0.3) is 0 Å². The molecule has 0 aliphatic heterocycles. The largest absolute Gasteiger partial charge is 0.344 e. The van der Waals surface area contributed by atoms with Crippen molar-refractivity contribution < 1.29 is 0 Å². The van der Waals surface area contributed by atoms with Crippen LogP contribution in [0.15, 0.2) is 4.60 Å². The number of halogens is 1. The summed E-state index contributed by atoms with van der Waals surface area (Å²) in [7, 11) is 0. The van der Waals surface area contributed by atoms with E-state index in [4.69, 9.17) is 5.26 Å². The molecule has 1 aliphatic rings. The Morgan fingerprint density at radius 2 is 2.38 bits per heavy atom. The number of nitrogens with one attached hydrogen (secondary N) is 1. The molecule has 0 radical (unpaired) electrons. The highest BCUT2D eigenvalue weighted by atomic mass is 79.9. The molecule has 13 heavy (non-hydrogen) atoms. The van der Waals surface area contributed by atoms with Crippen LogP contribution < -0.4 is 0 Å².